The number of aromatic amines is 1. The van der Waals surface area contributed by atoms with Crippen LogP contribution in [0, 0.1) is 0 Å². The SMILES string of the molecule is CC[C@@H](NC(=O)COc1ccccc1OC)c1nc2ccccc2[nH]1. The zero-order valence-electron chi connectivity index (χ0n) is 14.3. The van der Waals surface area contributed by atoms with Gasteiger partial charge in [0.1, 0.15) is 5.82 Å². The van der Waals surface area contributed by atoms with Gasteiger partial charge in [-0.1, -0.05) is 31.2 Å². The van der Waals surface area contributed by atoms with Crippen molar-refractivity contribution >= 4 is 16.9 Å². The molecule has 0 saturated heterocycles. The molecule has 3 rings (SSSR count). The quantitative estimate of drug-likeness (QED) is 0.693. The molecule has 0 aliphatic heterocycles. The molecule has 3 aromatic rings. The van der Waals surface area contributed by atoms with E-state index in [0.717, 1.165) is 23.3 Å². The number of benzene rings is 2. The average Bonchev–Trinajstić information content (AvgIpc) is 3.08. The van der Waals surface area contributed by atoms with Crippen LogP contribution in [0.1, 0.15) is 25.2 Å². The van der Waals surface area contributed by atoms with Crippen molar-refractivity contribution in [1.29, 1.82) is 0 Å². The zero-order chi connectivity index (χ0) is 17.6. The van der Waals surface area contributed by atoms with Gasteiger partial charge in [0.25, 0.3) is 5.91 Å². The normalized spacial score (nSPS) is 11.9. The van der Waals surface area contributed by atoms with Crippen LogP contribution in [0.15, 0.2) is 48.5 Å². The first kappa shape index (κ1) is 16.8. The number of para-hydroxylation sites is 4. The first-order valence-corrected chi connectivity index (χ1v) is 8.21. The van der Waals surface area contributed by atoms with E-state index in [4.69, 9.17) is 9.47 Å². The number of rotatable bonds is 7. The van der Waals surface area contributed by atoms with Gasteiger partial charge in [0.05, 0.1) is 24.2 Å². The highest BCUT2D eigenvalue weighted by Gasteiger charge is 2.17. The second kappa shape index (κ2) is 7.70. The van der Waals surface area contributed by atoms with E-state index in [1.54, 1.807) is 19.2 Å². The number of methoxy groups -OCH3 is 1. The van der Waals surface area contributed by atoms with Crippen molar-refractivity contribution in [3.05, 3.63) is 54.4 Å². The molecule has 130 valence electrons. The van der Waals surface area contributed by atoms with E-state index in [9.17, 15) is 4.79 Å². The van der Waals surface area contributed by atoms with Crippen LogP contribution in [-0.2, 0) is 4.79 Å². The standard InChI is InChI=1S/C19H21N3O3/c1-3-13(19-21-14-8-4-5-9-15(14)22-19)20-18(23)12-25-17-11-7-6-10-16(17)24-2/h4-11,13H,3,12H2,1-2H3,(H,20,23)(H,21,22)/t13-/m1/s1. The van der Waals surface area contributed by atoms with Gasteiger partial charge < -0.3 is 19.8 Å². The van der Waals surface area contributed by atoms with Crippen molar-refractivity contribution in [2.75, 3.05) is 13.7 Å². The number of aromatic nitrogens is 2. The second-order valence-electron chi connectivity index (χ2n) is 5.61. The number of nitrogens with zero attached hydrogens (tertiary/aromatic N) is 1. The average molecular weight is 339 g/mol. The first-order valence-electron chi connectivity index (χ1n) is 8.21. The van der Waals surface area contributed by atoms with E-state index in [1.807, 2.05) is 43.3 Å². The van der Waals surface area contributed by atoms with E-state index >= 15 is 0 Å². The number of ether oxygens (including phenoxy) is 2. The van der Waals surface area contributed by atoms with Crippen LogP contribution in [0.4, 0.5) is 0 Å². The highest BCUT2D eigenvalue weighted by atomic mass is 16.5. The van der Waals surface area contributed by atoms with Crippen LogP contribution in [0.25, 0.3) is 11.0 Å². The monoisotopic (exact) mass is 339 g/mol. The Morgan fingerprint density at radius 2 is 1.88 bits per heavy atom. The third-order valence-electron chi connectivity index (χ3n) is 3.91. The minimum absolute atomic E-state index is 0.0862. The van der Waals surface area contributed by atoms with E-state index < -0.39 is 0 Å². The maximum Gasteiger partial charge on any atom is 0.258 e. The number of imidazole rings is 1. The highest BCUT2D eigenvalue weighted by molar-refractivity contribution is 5.78. The van der Waals surface area contributed by atoms with Crippen molar-refractivity contribution in [3.63, 3.8) is 0 Å². The molecule has 0 bridgehead atoms. The summed E-state index contributed by atoms with van der Waals surface area (Å²) >= 11 is 0. The lowest BCUT2D eigenvalue weighted by atomic mass is 10.2. The van der Waals surface area contributed by atoms with Gasteiger partial charge in [-0.15, -0.1) is 0 Å². The Kier molecular flexibility index (Phi) is 5.18. The molecule has 1 heterocycles. The molecule has 0 aliphatic carbocycles. The number of carbonyl (C=O) groups excluding carboxylic acids is 1. The zero-order valence-corrected chi connectivity index (χ0v) is 14.3. The van der Waals surface area contributed by atoms with Crippen LogP contribution in [0.2, 0.25) is 0 Å². The largest absolute Gasteiger partial charge is 0.493 e. The summed E-state index contributed by atoms with van der Waals surface area (Å²) in [5.41, 5.74) is 1.84. The summed E-state index contributed by atoms with van der Waals surface area (Å²) in [5.74, 6) is 1.67. The Morgan fingerprint density at radius 1 is 1.16 bits per heavy atom. The lowest BCUT2D eigenvalue weighted by molar-refractivity contribution is -0.124. The number of H-pyrrole nitrogens is 1. The van der Waals surface area contributed by atoms with Gasteiger partial charge >= 0.3 is 0 Å². The Bertz CT molecular complexity index is 827. The Hall–Kier alpha value is -3.02. The molecule has 0 saturated carbocycles. The Labute approximate surface area is 146 Å². The number of hydrogen-bond acceptors (Lipinski definition) is 4. The molecule has 1 atom stereocenters. The topological polar surface area (TPSA) is 76.2 Å². The highest BCUT2D eigenvalue weighted by Crippen LogP contribution is 2.25. The van der Waals surface area contributed by atoms with Gasteiger partial charge in [0.2, 0.25) is 0 Å². The van der Waals surface area contributed by atoms with Crippen molar-refractivity contribution in [3.8, 4) is 11.5 Å². The summed E-state index contributed by atoms with van der Waals surface area (Å²) in [6.07, 6.45) is 0.722. The summed E-state index contributed by atoms with van der Waals surface area (Å²) in [4.78, 5) is 20.1. The number of nitrogens with one attached hydrogen (secondary N) is 2. The van der Waals surface area contributed by atoms with Crippen molar-refractivity contribution in [2.24, 2.45) is 0 Å². The molecule has 1 amide bonds. The number of amides is 1. The molecule has 6 heteroatoms. The first-order chi connectivity index (χ1) is 12.2. The van der Waals surface area contributed by atoms with Crippen LogP contribution in [0.3, 0.4) is 0 Å². The molecular formula is C19H21N3O3. The fourth-order valence-electron chi connectivity index (χ4n) is 2.62. The molecule has 6 nitrogen and oxygen atoms in total. The summed E-state index contributed by atoms with van der Waals surface area (Å²) in [5, 5.41) is 2.95. The lowest BCUT2D eigenvalue weighted by Crippen LogP contribution is -2.33. The smallest absolute Gasteiger partial charge is 0.258 e. The van der Waals surface area contributed by atoms with E-state index in [2.05, 4.69) is 15.3 Å². The number of fused-ring (bicyclic) bond motifs is 1. The van der Waals surface area contributed by atoms with E-state index in [0.29, 0.717) is 11.5 Å². The number of carbonyl (C=O) groups is 1. The fraction of sp³-hybridized carbons (Fsp3) is 0.263. The predicted molar refractivity (Wildman–Crippen MR) is 95.8 cm³/mol. The third kappa shape index (κ3) is 3.91. The molecule has 1 aromatic heterocycles. The second-order valence-corrected chi connectivity index (χ2v) is 5.61. The van der Waals surface area contributed by atoms with E-state index in [-0.39, 0.29) is 18.6 Å². The fourth-order valence-corrected chi connectivity index (χ4v) is 2.62. The van der Waals surface area contributed by atoms with Crippen LogP contribution >= 0.6 is 0 Å². The third-order valence-corrected chi connectivity index (χ3v) is 3.91. The Balaban J connectivity index is 1.64. The van der Waals surface area contributed by atoms with Crippen LogP contribution < -0.4 is 14.8 Å². The molecule has 0 radical (unpaired) electrons. The van der Waals surface area contributed by atoms with Gasteiger partial charge in [0, 0.05) is 0 Å². The molecule has 0 unspecified atom stereocenters. The summed E-state index contributed by atoms with van der Waals surface area (Å²) in [6.45, 7) is 1.91. The minimum atomic E-state index is -0.210. The van der Waals surface area contributed by atoms with Crippen molar-refractivity contribution in [2.45, 2.75) is 19.4 Å². The van der Waals surface area contributed by atoms with Crippen molar-refractivity contribution < 1.29 is 14.3 Å². The molecule has 2 N–H and O–H groups in total. The maximum atomic E-state index is 12.3. The molecule has 0 aliphatic rings. The van der Waals surface area contributed by atoms with Gasteiger partial charge in [-0.2, -0.15) is 0 Å². The van der Waals surface area contributed by atoms with Gasteiger partial charge in [-0.3, -0.25) is 4.79 Å². The van der Waals surface area contributed by atoms with E-state index in [1.165, 1.54) is 0 Å². The van der Waals surface area contributed by atoms with Crippen LogP contribution in [0.5, 0.6) is 11.5 Å². The number of hydrogen-bond donors (Lipinski definition) is 2. The Morgan fingerprint density at radius 3 is 2.60 bits per heavy atom. The van der Waals surface area contributed by atoms with Gasteiger partial charge in [-0.25, -0.2) is 4.98 Å². The van der Waals surface area contributed by atoms with Crippen LogP contribution in [-0.4, -0.2) is 29.6 Å². The summed E-state index contributed by atoms with van der Waals surface area (Å²) < 4.78 is 10.8. The molecule has 2 aromatic carbocycles. The van der Waals surface area contributed by atoms with Gasteiger partial charge in [-0.05, 0) is 30.7 Å². The van der Waals surface area contributed by atoms with Crippen molar-refractivity contribution in [1.82, 2.24) is 15.3 Å². The maximum absolute atomic E-state index is 12.3. The predicted octanol–water partition coefficient (Wildman–Crippen LogP) is 3.22. The lowest BCUT2D eigenvalue weighted by Gasteiger charge is -2.15. The molecule has 0 spiro atoms. The summed E-state index contributed by atoms with van der Waals surface area (Å²) in [7, 11) is 1.57. The molecule has 25 heavy (non-hydrogen) atoms. The summed E-state index contributed by atoms with van der Waals surface area (Å²) in [6, 6.07) is 14.8. The molecule has 0 fully saturated rings. The molecular weight excluding hydrogens is 318 g/mol. The minimum Gasteiger partial charge on any atom is -0.493 e. The van der Waals surface area contributed by atoms with Gasteiger partial charge in [0.15, 0.2) is 18.1 Å².